The summed E-state index contributed by atoms with van der Waals surface area (Å²) in [5.74, 6) is 0.109. The lowest BCUT2D eigenvalue weighted by Gasteiger charge is -2.15. The van der Waals surface area contributed by atoms with Crippen LogP contribution in [0.25, 0.3) is 10.8 Å². The highest BCUT2D eigenvalue weighted by atomic mass is 16.9. The van der Waals surface area contributed by atoms with Crippen LogP contribution in [0.1, 0.15) is 29.8 Å². The molecule has 0 unspecified atom stereocenters. The minimum atomic E-state index is -1.50. The summed E-state index contributed by atoms with van der Waals surface area (Å²) in [6.07, 6.45) is 0. The first-order valence-corrected chi connectivity index (χ1v) is 9.47. The summed E-state index contributed by atoms with van der Waals surface area (Å²) in [4.78, 5) is 39.9. The van der Waals surface area contributed by atoms with Crippen molar-refractivity contribution in [2.45, 2.75) is 26.4 Å². The summed E-state index contributed by atoms with van der Waals surface area (Å²) in [6.45, 7) is 3.18. The van der Waals surface area contributed by atoms with Crippen molar-refractivity contribution in [2.24, 2.45) is 0 Å². The maximum atomic E-state index is 12.7. The number of benzene rings is 2. The number of hydrogen-bond acceptors (Lipinski definition) is 9. The SMILES string of the molecule is COc1ccc2c([C@H](C)C(=O)Oc3ccc(CO[N+](=O)[O-])nc3C)cccc2c1.O=[N+]([O-])O. The van der Waals surface area contributed by atoms with Gasteiger partial charge in [-0.1, -0.05) is 24.3 Å². The van der Waals surface area contributed by atoms with E-state index in [2.05, 4.69) is 9.82 Å². The van der Waals surface area contributed by atoms with Crippen LogP contribution in [0.4, 0.5) is 0 Å². The second-order valence-electron chi connectivity index (χ2n) is 6.70. The minimum absolute atomic E-state index is 0.266. The third kappa shape index (κ3) is 7.02. The molecule has 1 heterocycles. The first-order chi connectivity index (χ1) is 15.6. The van der Waals surface area contributed by atoms with E-state index in [1.54, 1.807) is 27.0 Å². The van der Waals surface area contributed by atoms with Crippen molar-refractivity contribution in [1.82, 2.24) is 4.98 Å². The molecule has 0 amide bonds. The van der Waals surface area contributed by atoms with E-state index in [0.717, 1.165) is 22.1 Å². The van der Waals surface area contributed by atoms with Crippen molar-refractivity contribution < 1.29 is 34.5 Å². The molecule has 174 valence electrons. The molecule has 0 saturated heterocycles. The maximum absolute atomic E-state index is 12.7. The fourth-order valence-electron chi connectivity index (χ4n) is 3.02. The Labute approximate surface area is 187 Å². The monoisotopic (exact) mass is 459 g/mol. The van der Waals surface area contributed by atoms with Crippen molar-refractivity contribution in [2.75, 3.05) is 7.11 Å². The van der Waals surface area contributed by atoms with E-state index in [0.29, 0.717) is 17.1 Å². The molecule has 3 aromatic rings. The molecule has 33 heavy (non-hydrogen) atoms. The van der Waals surface area contributed by atoms with E-state index in [4.69, 9.17) is 24.8 Å². The van der Waals surface area contributed by atoms with Gasteiger partial charge in [-0.15, -0.1) is 20.2 Å². The lowest BCUT2D eigenvalue weighted by molar-refractivity contribution is -0.763. The van der Waals surface area contributed by atoms with Crippen LogP contribution in [-0.2, 0) is 16.2 Å². The standard InChI is InChI=1S/C21H20N2O6.HNO3/c1-13(18-6-4-5-15-11-17(27-3)8-9-19(15)18)21(24)29-20-10-7-16(22-14(20)2)12-28-23(25)26;2-1(3)4/h4-11,13H,12H2,1-3H3;(H,2,3,4)/t13-;/m0./s1. The molecule has 0 spiro atoms. The van der Waals surface area contributed by atoms with Gasteiger partial charge in [0.1, 0.15) is 12.4 Å². The van der Waals surface area contributed by atoms with Gasteiger partial charge in [0.25, 0.3) is 10.2 Å². The Morgan fingerprint density at radius 1 is 1.15 bits per heavy atom. The van der Waals surface area contributed by atoms with Crippen molar-refractivity contribution in [1.29, 1.82) is 0 Å². The predicted molar refractivity (Wildman–Crippen MR) is 114 cm³/mol. The molecule has 12 heteroatoms. The molecular formula is C21H21N3O9. The average molecular weight is 459 g/mol. The molecule has 0 radical (unpaired) electrons. The molecule has 0 aliphatic rings. The van der Waals surface area contributed by atoms with Crippen LogP contribution in [0.5, 0.6) is 11.5 Å². The Morgan fingerprint density at radius 3 is 2.45 bits per heavy atom. The second kappa shape index (κ2) is 11.2. The van der Waals surface area contributed by atoms with Crippen molar-refractivity contribution in [3.05, 3.63) is 85.7 Å². The summed E-state index contributed by atoms with van der Waals surface area (Å²) in [7, 11) is 1.61. The molecule has 0 saturated carbocycles. The molecular weight excluding hydrogens is 438 g/mol. The van der Waals surface area contributed by atoms with Crippen LogP contribution in [0.15, 0.2) is 48.5 Å². The molecule has 0 aliphatic heterocycles. The summed E-state index contributed by atoms with van der Waals surface area (Å²) < 4.78 is 10.8. The van der Waals surface area contributed by atoms with Crippen LogP contribution in [0.2, 0.25) is 0 Å². The van der Waals surface area contributed by atoms with Gasteiger partial charge in [-0.25, -0.2) is 0 Å². The highest BCUT2D eigenvalue weighted by Gasteiger charge is 2.21. The molecule has 12 nitrogen and oxygen atoms in total. The summed E-state index contributed by atoms with van der Waals surface area (Å²) in [5.41, 5.74) is 1.66. The number of aryl methyl sites for hydroxylation is 1. The predicted octanol–water partition coefficient (Wildman–Crippen LogP) is 3.62. The zero-order chi connectivity index (χ0) is 24.5. The second-order valence-corrected chi connectivity index (χ2v) is 6.70. The van der Waals surface area contributed by atoms with Gasteiger partial charge >= 0.3 is 5.97 Å². The Bertz CT molecular complexity index is 1160. The number of esters is 1. The Balaban J connectivity index is 0.000000890. The first kappa shape index (κ1) is 24.8. The van der Waals surface area contributed by atoms with Crippen molar-refractivity contribution in [3.63, 3.8) is 0 Å². The minimum Gasteiger partial charge on any atom is -0.497 e. The third-order valence-corrected chi connectivity index (χ3v) is 4.56. The number of pyridine rings is 1. The molecule has 2 aromatic carbocycles. The Hall–Kier alpha value is -4.48. The van der Waals surface area contributed by atoms with Crippen LogP contribution >= 0.6 is 0 Å². The smallest absolute Gasteiger partial charge is 0.318 e. The fraction of sp³-hybridized carbons (Fsp3) is 0.238. The van der Waals surface area contributed by atoms with Gasteiger partial charge in [-0.05, 0) is 54.4 Å². The van der Waals surface area contributed by atoms with Crippen molar-refractivity contribution in [3.8, 4) is 11.5 Å². The molecule has 0 aliphatic carbocycles. The third-order valence-electron chi connectivity index (χ3n) is 4.56. The summed E-state index contributed by atoms with van der Waals surface area (Å²) >= 11 is 0. The highest BCUT2D eigenvalue weighted by Crippen LogP contribution is 2.30. The van der Waals surface area contributed by atoms with Gasteiger partial charge in [-0.3, -0.25) is 9.78 Å². The molecule has 0 bridgehead atoms. The molecule has 1 aromatic heterocycles. The number of rotatable bonds is 7. The largest absolute Gasteiger partial charge is 0.497 e. The van der Waals surface area contributed by atoms with E-state index >= 15 is 0 Å². The number of carbonyl (C=O) groups excluding carboxylic acids is 1. The molecule has 1 atom stereocenters. The van der Waals surface area contributed by atoms with Gasteiger partial charge in [0.15, 0.2) is 5.75 Å². The molecule has 0 fully saturated rings. The number of hydrogen-bond donors (Lipinski definition) is 1. The van der Waals surface area contributed by atoms with Gasteiger partial charge in [0.2, 0.25) is 0 Å². The lowest BCUT2D eigenvalue weighted by atomic mass is 9.94. The normalized spacial score (nSPS) is 11.0. The summed E-state index contributed by atoms with van der Waals surface area (Å²) in [5, 5.41) is 25.0. The number of ether oxygens (including phenoxy) is 2. The fourth-order valence-corrected chi connectivity index (χ4v) is 3.02. The average Bonchev–Trinajstić information content (AvgIpc) is 2.77. The number of nitrogens with zero attached hydrogens (tertiary/aromatic N) is 3. The van der Waals surface area contributed by atoms with E-state index in [9.17, 15) is 14.9 Å². The van der Waals surface area contributed by atoms with E-state index in [1.165, 1.54) is 6.07 Å². The van der Waals surface area contributed by atoms with Gasteiger partial charge in [-0.2, -0.15) is 0 Å². The van der Waals surface area contributed by atoms with E-state index in [1.807, 2.05) is 36.4 Å². The number of aromatic nitrogens is 1. The van der Waals surface area contributed by atoms with E-state index in [-0.39, 0.29) is 6.61 Å². The lowest BCUT2D eigenvalue weighted by Crippen LogP contribution is -2.17. The highest BCUT2D eigenvalue weighted by molar-refractivity contribution is 5.92. The number of carbonyl (C=O) groups is 1. The molecule has 1 N–H and O–H groups in total. The number of methoxy groups -OCH3 is 1. The Kier molecular flexibility index (Phi) is 8.43. The maximum Gasteiger partial charge on any atom is 0.318 e. The van der Waals surface area contributed by atoms with Crippen LogP contribution < -0.4 is 9.47 Å². The Morgan fingerprint density at radius 2 is 1.85 bits per heavy atom. The first-order valence-electron chi connectivity index (χ1n) is 9.47. The summed E-state index contributed by atoms with van der Waals surface area (Å²) in [6, 6.07) is 14.5. The van der Waals surface area contributed by atoms with Gasteiger partial charge in [0.05, 0.1) is 24.4 Å². The molecule has 3 rings (SSSR count). The number of fused-ring (bicyclic) bond motifs is 1. The van der Waals surface area contributed by atoms with Crippen molar-refractivity contribution >= 4 is 16.7 Å². The zero-order valence-corrected chi connectivity index (χ0v) is 18.0. The van der Waals surface area contributed by atoms with Gasteiger partial charge in [0, 0.05) is 0 Å². The quantitative estimate of drug-likeness (QED) is 0.313. The van der Waals surface area contributed by atoms with Crippen LogP contribution in [-0.4, -0.2) is 33.4 Å². The zero-order valence-electron chi connectivity index (χ0n) is 18.0. The van der Waals surface area contributed by atoms with Crippen LogP contribution in [0.3, 0.4) is 0 Å². The van der Waals surface area contributed by atoms with Crippen LogP contribution in [0, 0.1) is 27.2 Å². The van der Waals surface area contributed by atoms with E-state index < -0.39 is 22.1 Å². The van der Waals surface area contributed by atoms with Gasteiger partial charge < -0.3 is 19.5 Å². The topological polar surface area (TPSA) is 164 Å².